The zero-order valence-electron chi connectivity index (χ0n) is 18.1. The summed E-state index contributed by atoms with van der Waals surface area (Å²) in [6, 6.07) is -0.729. The lowest BCUT2D eigenvalue weighted by molar-refractivity contribution is -0.140. The normalized spacial score (nSPS) is 13.7. The van der Waals surface area contributed by atoms with Crippen molar-refractivity contribution >= 4 is 17.8 Å². The van der Waals surface area contributed by atoms with Gasteiger partial charge in [-0.2, -0.15) is 0 Å². The van der Waals surface area contributed by atoms with Gasteiger partial charge in [0.15, 0.2) is 0 Å². The highest BCUT2D eigenvalue weighted by Gasteiger charge is 2.39. The van der Waals surface area contributed by atoms with Gasteiger partial charge in [-0.15, -0.1) is 0 Å². The van der Waals surface area contributed by atoms with Gasteiger partial charge in [-0.25, -0.2) is 4.79 Å². The summed E-state index contributed by atoms with van der Waals surface area (Å²) in [6.45, 7) is 13.3. The van der Waals surface area contributed by atoms with E-state index < -0.39 is 23.0 Å². The van der Waals surface area contributed by atoms with Gasteiger partial charge in [0.2, 0.25) is 11.8 Å². The monoisotopic (exact) mass is 383 g/mol. The lowest BCUT2D eigenvalue weighted by Gasteiger charge is -2.36. The molecular weight excluding hydrogens is 346 g/mol. The summed E-state index contributed by atoms with van der Waals surface area (Å²) in [5, 5.41) is 2.84. The molecule has 0 aromatic rings. The van der Waals surface area contributed by atoms with Crippen LogP contribution in [0.4, 0.5) is 0 Å². The number of ether oxygens (including phenoxy) is 1. The van der Waals surface area contributed by atoms with Crippen LogP contribution in [0.2, 0.25) is 0 Å². The molecule has 0 aromatic heterocycles. The summed E-state index contributed by atoms with van der Waals surface area (Å²) in [5.74, 6) is -0.969. The first-order chi connectivity index (χ1) is 12.3. The average Bonchev–Trinajstić information content (AvgIpc) is 2.61. The quantitative estimate of drug-likeness (QED) is 0.468. The van der Waals surface area contributed by atoms with E-state index in [1.165, 1.54) is 4.90 Å². The van der Waals surface area contributed by atoms with E-state index >= 15 is 0 Å². The summed E-state index contributed by atoms with van der Waals surface area (Å²) in [5.41, 5.74) is 5.11. The van der Waals surface area contributed by atoms with Crippen LogP contribution in [0.5, 0.6) is 0 Å². The van der Waals surface area contributed by atoms with Crippen LogP contribution < -0.4 is 11.1 Å². The van der Waals surface area contributed by atoms with Crippen LogP contribution in [0.25, 0.3) is 0 Å². The van der Waals surface area contributed by atoms with Crippen LogP contribution in [0.1, 0.15) is 61.3 Å². The Labute approximate surface area is 163 Å². The fourth-order valence-corrected chi connectivity index (χ4v) is 2.41. The van der Waals surface area contributed by atoms with Crippen molar-refractivity contribution in [1.82, 2.24) is 10.2 Å². The molecule has 0 heterocycles. The predicted octanol–water partition coefficient (Wildman–Crippen LogP) is 2.00. The molecule has 0 aliphatic carbocycles. The van der Waals surface area contributed by atoms with Gasteiger partial charge in [0.05, 0.1) is 12.1 Å². The minimum Gasteiger partial charge on any atom is -0.463 e. The Kier molecular flexibility index (Phi) is 9.71. The van der Waals surface area contributed by atoms with Gasteiger partial charge >= 0.3 is 5.97 Å². The second-order valence-electron chi connectivity index (χ2n) is 7.96. The number of hydrogen-bond acceptors (Lipinski definition) is 5. The molecule has 0 saturated heterocycles. The highest BCUT2D eigenvalue weighted by molar-refractivity contribution is 5.92. The van der Waals surface area contributed by atoms with Crippen molar-refractivity contribution in [3.63, 3.8) is 0 Å². The zero-order chi connectivity index (χ0) is 21.4. The van der Waals surface area contributed by atoms with Crippen molar-refractivity contribution in [3.05, 3.63) is 11.6 Å². The summed E-state index contributed by atoms with van der Waals surface area (Å²) < 4.78 is 4.93. The number of rotatable bonds is 9. The van der Waals surface area contributed by atoms with Crippen molar-refractivity contribution in [1.29, 1.82) is 0 Å². The number of likely N-dealkylation sites (N-methyl/N-ethyl adjacent to an activating group) is 1. The molecule has 1 unspecified atom stereocenters. The third-order valence-electron chi connectivity index (χ3n) is 4.75. The first-order valence-electron chi connectivity index (χ1n) is 9.52. The number of amides is 2. The summed E-state index contributed by atoms with van der Waals surface area (Å²) in [6.07, 6.45) is 2.61. The molecule has 156 valence electrons. The van der Waals surface area contributed by atoms with E-state index in [0.717, 1.165) is 0 Å². The first kappa shape index (κ1) is 25.1. The van der Waals surface area contributed by atoms with Crippen molar-refractivity contribution in [2.24, 2.45) is 11.1 Å². The minimum atomic E-state index is -0.997. The SMILES string of the molecule is CCOC(=O)/C(C)=C/CN(C)C(=O)C(NC(=O)C(N)(CC)CC)C(C)(C)C. The molecule has 0 rings (SSSR count). The smallest absolute Gasteiger partial charge is 0.333 e. The van der Waals surface area contributed by atoms with Gasteiger partial charge in [-0.05, 0) is 32.1 Å². The van der Waals surface area contributed by atoms with E-state index in [2.05, 4.69) is 5.32 Å². The molecule has 27 heavy (non-hydrogen) atoms. The van der Waals surface area contributed by atoms with Gasteiger partial charge in [0, 0.05) is 19.2 Å². The maximum absolute atomic E-state index is 13.0. The second-order valence-corrected chi connectivity index (χ2v) is 7.96. The summed E-state index contributed by atoms with van der Waals surface area (Å²) >= 11 is 0. The van der Waals surface area contributed by atoms with Crippen molar-refractivity contribution in [2.75, 3.05) is 20.2 Å². The van der Waals surface area contributed by atoms with Crippen molar-refractivity contribution in [3.8, 4) is 0 Å². The largest absolute Gasteiger partial charge is 0.463 e. The number of nitrogens with zero attached hydrogens (tertiary/aromatic N) is 1. The maximum atomic E-state index is 13.0. The highest BCUT2D eigenvalue weighted by Crippen LogP contribution is 2.22. The highest BCUT2D eigenvalue weighted by atomic mass is 16.5. The number of esters is 1. The molecule has 0 radical (unpaired) electrons. The number of carbonyl (C=O) groups is 3. The van der Waals surface area contributed by atoms with Crippen LogP contribution in [0, 0.1) is 5.41 Å². The standard InChI is InChI=1S/C20H37N3O4/c1-9-20(21,10-2)18(26)22-15(19(5,6)7)16(24)23(8)13-12-14(4)17(25)27-11-3/h12,15H,9-11,13,21H2,1-8H3,(H,22,26)/b14-12+. The Hall–Kier alpha value is -1.89. The van der Waals surface area contributed by atoms with Gasteiger partial charge < -0.3 is 20.7 Å². The second kappa shape index (κ2) is 10.4. The van der Waals surface area contributed by atoms with E-state index in [1.807, 2.05) is 34.6 Å². The summed E-state index contributed by atoms with van der Waals surface area (Å²) in [4.78, 5) is 38.8. The molecule has 7 heteroatoms. The minimum absolute atomic E-state index is 0.237. The Morgan fingerprint density at radius 3 is 2.07 bits per heavy atom. The molecule has 0 spiro atoms. The van der Waals surface area contributed by atoms with Crippen LogP contribution in [0.15, 0.2) is 11.6 Å². The Balaban J connectivity index is 5.32. The number of carbonyl (C=O) groups excluding carboxylic acids is 3. The van der Waals surface area contributed by atoms with Gasteiger partial charge in [0.1, 0.15) is 6.04 Å². The van der Waals surface area contributed by atoms with E-state index in [9.17, 15) is 14.4 Å². The van der Waals surface area contributed by atoms with Gasteiger partial charge in [-0.3, -0.25) is 9.59 Å². The maximum Gasteiger partial charge on any atom is 0.333 e. The summed E-state index contributed by atoms with van der Waals surface area (Å²) in [7, 11) is 1.64. The zero-order valence-corrected chi connectivity index (χ0v) is 18.1. The molecular formula is C20H37N3O4. The number of nitrogens with one attached hydrogen (secondary N) is 1. The molecule has 7 nitrogen and oxygen atoms in total. The first-order valence-corrected chi connectivity index (χ1v) is 9.52. The number of hydrogen-bond donors (Lipinski definition) is 2. The van der Waals surface area contributed by atoms with E-state index in [1.54, 1.807) is 27.0 Å². The third kappa shape index (κ3) is 7.33. The number of nitrogens with two attached hydrogens (primary N) is 1. The van der Waals surface area contributed by atoms with Crippen LogP contribution in [-0.2, 0) is 19.1 Å². The van der Waals surface area contributed by atoms with E-state index in [0.29, 0.717) is 25.0 Å². The topological polar surface area (TPSA) is 102 Å². The van der Waals surface area contributed by atoms with Crippen LogP contribution in [0.3, 0.4) is 0 Å². The van der Waals surface area contributed by atoms with Gasteiger partial charge in [-0.1, -0.05) is 40.7 Å². The third-order valence-corrected chi connectivity index (χ3v) is 4.75. The Bertz CT molecular complexity index is 560. The molecule has 0 aromatic carbocycles. The molecule has 2 amide bonds. The molecule has 0 aliphatic rings. The molecule has 0 aliphatic heterocycles. The van der Waals surface area contributed by atoms with Crippen LogP contribution >= 0.6 is 0 Å². The van der Waals surface area contributed by atoms with Crippen molar-refractivity contribution < 1.29 is 19.1 Å². The lowest BCUT2D eigenvalue weighted by Crippen LogP contribution is -2.61. The van der Waals surface area contributed by atoms with E-state index in [-0.39, 0.29) is 18.4 Å². The van der Waals surface area contributed by atoms with Crippen LogP contribution in [-0.4, -0.2) is 54.5 Å². The average molecular weight is 384 g/mol. The molecule has 1 atom stereocenters. The predicted molar refractivity (Wildman–Crippen MR) is 107 cm³/mol. The fourth-order valence-electron chi connectivity index (χ4n) is 2.41. The Morgan fingerprint density at radius 1 is 1.15 bits per heavy atom. The van der Waals surface area contributed by atoms with E-state index in [4.69, 9.17) is 10.5 Å². The fraction of sp³-hybridized carbons (Fsp3) is 0.750. The molecule has 0 bridgehead atoms. The molecule has 0 saturated carbocycles. The van der Waals surface area contributed by atoms with Crippen molar-refractivity contribution in [2.45, 2.75) is 72.9 Å². The lowest BCUT2D eigenvalue weighted by atomic mass is 9.84. The van der Waals surface area contributed by atoms with Gasteiger partial charge in [0.25, 0.3) is 0 Å². The molecule has 0 fully saturated rings. The Morgan fingerprint density at radius 2 is 1.67 bits per heavy atom. The molecule has 3 N–H and O–H groups in total.